The third-order valence-corrected chi connectivity index (χ3v) is 5.16. The second-order valence-electron chi connectivity index (χ2n) is 6.71. The van der Waals surface area contributed by atoms with E-state index in [2.05, 4.69) is 5.32 Å². The second kappa shape index (κ2) is 9.00. The summed E-state index contributed by atoms with van der Waals surface area (Å²) in [4.78, 5) is 26.5. The van der Waals surface area contributed by atoms with E-state index in [1.165, 1.54) is 18.2 Å². The van der Waals surface area contributed by atoms with Gasteiger partial charge in [-0.3, -0.25) is 9.59 Å². The molecule has 0 saturated carbocycles. The molecule has 142 valence electrons. The van der Waals surface area contributed by atoms with Gasteiger partial charge in [-0.15, -0.1) is 0 Å². The summed E-state index contributed by atoms with van der Waals surface area (Å²) in [7, 11) is 0. The van der Waals surface area contributed by atoms with Gasteiger partial charge in [0.15, 0.2) is 0 Å². The van der Waals surface area contributed by atoms with Crippen LogP contribution in [0.5, 0.6) is 0 Å². The lowest BCUT2D eigenvalue weighted by Crippen LogP contribution is -2.46. The van der Waals surface area contributed by atoms with Gasteiger partial charge in [-0.2, -0.15) is 0 Å². The highest BCUT2D eigenvalue weighted by atomic mass is 35.5. The van der Waals surface area contributed by atoms with Crippen molar-refractivity contribution in [1.29, 1.82) is 0 Å². The molecule has 1 heterocycles. The van der Waals surface area contributed by atoms with Gasteiger partial charge in [0.05, 0.1) is 10.6 Å². The van der Waals surface area contributed by atoms with Gasteiger partial charge < -0.3 is 10.2 Å². The van der Waals surface area contributed by atoms with Crippen molar-refractivity contribution in [3.63, 3.8) is 0 Å². The van der Waals surface area contributed by atoms with E-state index in [9.17, 15) is 14.0 Å². The summed E-state index contributed by atoms with van der Waals surface area (Å²) in [6.07, 6.45) is 2.50. The number of piperidine rings is 1. The van der Waals surface area contributed by atoms with Crippen LogP contribution in [0.1, 0.15) is 35.2 Å². The predicted molar refractivity (Wildman–Crippen MR) is 103 cm³/mol. The highest BCUT2D eigenvalue weighted by Gasteiger charge is 2.25. The summed E-state index contributed by atoms with van der Waals surface area (Å²) in [6, 6.07) is 14.0. The van der Waals surface area contributed by atoms with Gasteiger partial charge >= 0.3 is 0 Å². The molecular formula is C21H22ClFN2O2. The normalized spacial score (nSPS) is 14.8. The van der Waals surface area contributed by atoms with E-state index in [1.54, 1.807) is 0 Å². The number of aryl methyl sites for hydroxylation is 1. The fourth-order valence-electron chi connectivity index (χ4n) is 3.30. The summed E-state index contributed by atoms with van der Waals surface area (Å²) < 4.78 is 13.8. The largest absolute Gasteiger partial charge is 0.349 e. The Bertz CT molecular complexity index is 785. The number of hydrogen-bond donors (Lipinski definition) is 1. The summed E-state index contributed by atoms with van der Waals surface area (Å²) in [5, 5.41) is 2.93. The SMILES string of the molecule is O=C(NC1CCN(C(=O)CCc2ccccc2)CC1)c1c(F)cccc1Cl. The van der Waals surface area contributed by atoms with E-state index in [4.69, 9.17) is 11.6 Å². The van der Waals surface area contributed by atoms with Gasteiger partial charge in [-0.05, 0) is 37.0 Å². The minimum Gasteiger partial charge on any atom is -0.349 e. The van der Waals surface area contributed by atoms with Crippen molar-refractivity contribution >= 4 is 23.4 Å². The Morgan fingerprint density at radius 2 is 1.78 bits per heavy atom. The van der Waals surface area contributed by atoms with Crippen LogP contribution in [0.4, 0.5) is 4.39 Å². The zero-order chi connectivity index (χ0) is 19.2. The minimum atomic E-state index is -0.631. The van der Waals surface area contributed by atoms with Crippen LogP contribution < -0.4 is 5.32 Å². The standard InChI is InChI=1S/C21H22ClFN2O2/c22-17-7-4-8-18(23)20(17)21(27)24-16-11-13-25(14-12-16)19(26)10-9-15-5-2-1-3-6-15/h1-8,16H,9-14H2,(H,24,27). The van der Waals surface area contributed by atoms with Gasteiger partial charge in [0.1, 0.15) is 5.82 Å². The molecule has 2 aromatic rings. The van der Waals surface area contributed by atoms with Crippen LogP contribution in [0.3, 0.4) is 0 Å². The Morgan fingerprint density at radius 1 is 1.07 bits per heavy atom. The predicted octanol–water partition coefficient (Wildman–Crippen LogP) is 3.83. The average molecular weight is 389 g/mol. The molecule has 1 fully saturated rings. The molecule has 1 aliphatic rings. The number of nitrogens with one attached hydrogen (secondary N) is 1. The van der Waals surface area contributed by atoms with E-state index < -0.39 is 11.7 Å². The van der Waals surface area contributed by atoms with Crippen molar-refractivity contribution in [2.45, 2.75) is 31.7 Å². The number of benzene rings is 2. The first kappa shape index (κ1) is 19.4. The van der Waals surface area contributed by atoms with E-state index in [-0.39, 0.29) is 22.5 Å². The number of carbonyl (C=O) groups is 2. The molecule has 0 spiro atoms. The lowest BCUT2D eigenvalue weighted by Gasteiger charge is -2.32. The van der Waals surface area contributed by atoms with Gasteiger partial charge in [-0.25, -0.2) is 4.39 Å². The van der Waals surface area contributed by atoms with E-state index in [0.29, 0.717) is 32.4 Å². The molecule has 1 saturated heterocycles. The number of halogens is 2. The fraction of sp³-hybridized carbons (Fsp3) is 0.333. The maximum Gasteiger partial charge on any atom is 0.255 e. The van der Waals surface area contributed by atoms with E-state index in [0.717, 1.165) is 12.0 Å². The van der Waals surface area contributed by atoms with Crippen molar-refractivity contribution in [2.75, 3.05) is 13.1 Å². The molecule has 2 amide bonds. The minimum absolute atomic E-state index is 0.0913. The maximum atomic E-state index is 13.8. The van der Waals surface area contributed by atoms with Gasteiger partial charge in [0, 0.05) is 25.6 Å². The highest BCUT2D eigenvalue weighted by molar-refractivity contribution is 6.33. The Hall–Kier alpha value is -2.40. The Kier molecular flexibility index (Phi) is 6.45. The third-order valence-electron chi connectivity index (χ3n) is 4.84. The summed E-state index contributed by atoms with van der Waals surface area (Å²) >= 11 is 5.94. The lowest BCUT2D eigenvalue weighted by molar-refractivity contribution is -0.132. The molecule has 1 aliphatic heterocycles. The number of hydrogen-bond acceptors (Lipinski definition) is 2. The van der Waals surface area contributed by atoms with Crippen molar-refractivity contribution in [1.82, 2.24) is 10.2 Å². The monoisotopic (exact) mass is 388 g/mol. The number of nitrogens with zero attached hydrogens (tertiary/aromatic N) is 1. The van der Waals surface area contributed by atoms with Gasteiger partial charge in [0.2, 0.25) is 5.91 Å². The molecule has 0 atom stereocenters. The highest BCUT2D eigenvalue weighted by Crippen LogP contribution is 2.20. The van der Waals surface area contributed by atoms with Crippen LogP contribution in [-0.4, -0.2) is 35.8 Å². The topological polar surface area (TPSA) is 49.4 Å². The van der Waals surface area contributed by atoms with Crippen LogP contribution in [0.2, 0.25) is 5.02 Å². The van der Waals surface area contributed by atoms with Crippen LogP contribution in [0, 0.1) is 5.82 Å². The second-order valence-corrected chi connectivity index (χ2v) is 7.12. The summed E-state index contributed by atoms with van der Waals surface area (Å²) in [6.45, 7) is 1.17. The van der Waals surface area contributed by atoms with Crippen LogP contribution in [0.25, 0.3) is 0 Å². The Morgan fingerprint density at radius 3 is 2.44 bits per heavy atom. The Balaban J connectivity index is 1.47. The third kappa shape index (κ3) is 5.07. The number of rotatable bonds is 5. The molecular weight excluding hydrogens is 367 g/mol. The first-order chi connectivity index (χ1) is 13.0. The Labute approximate surface area is 163 Å². The number of amides is 2. The smallest absolute Gasteiger partial charge is 0.255 e. The molecule has 27 heavy (non-hydrogen) atoms. The summed E-state index contributed by atoms with van der Waals surface area (Å²) in [5.41, 5.74) is 1.02. The lowest BCUT2D eigenvalue weighted by atomic mass is 10.0. The molecule has 0 aliphatic carbocycles. The van der Waals surface area contributed by atoms with Crippen molar-refractivity contribution in [3.8, 4) is 0 Å². The fourth-order valence-corrected chi connectivity index (χ4v) is 3.55. The zero-order valence-corrected chi connectivity index (χ0v) is 15.7. The van der Waals surface area contributed by atoms with Crippen LogP contribution in [0.15, 0.2) is 48.5 Å². The molecule has 4 nitrogen and oxygen atoms in total. The summed E-state index contributed by atoms with van der Waals surface area (Å²) in [5.74, 6) is -1.01. The first-order valence-corrected chi connectivity index (χ1v) is 9.49. The van der Waals surface area contributed by atoms with Crippen LogP contribution in [-0.2, 0) is 11.2 Å². The molecule has 3 rings (SSSR count). The molecule has 0 aromatic heterocycles. The zero-order valence-electron chi connectivity index (χ0n) is 15.0. The van der Waals surface area contributed by atoms with E-state index in [1.807, 2.05) is 35.2 Å². The van der Waals surface area contributed by atoms with Crippen LogP contribution >= 0.6 is 11.6 Å². The van der Waals surface area contributed by atoms with Gasteiger partial charge in [-0.1, -0.05) is 48.0 Å². The molecule has 2 aromatic carbocycles. The number of likely N-dealkylation sites (tertiary alicyclic amines) is 1. The van der Waals surface area contributed by atoms with Crippen molar-refractivity contribution < 1.29 is 14.0 Å². The first-order valence-electron chi connectivity index (χ1n) is 9.11. The molecule has 0 radical (unpaired) electrons. The number of carbonyl (C=O) groups excluding carboxylic acids is 2. The van der Waals surface area contributed by atoms with Gasteiger partial charge in [0.25, 0.3) is 5.91 Å². The van der Waals surface area contributed by atoms with Crippen molar-refractivity contribution in [3.05, 3.63) is 70.5 Å². The molecule has 1 N–H and O–H groups in total. The van der Waals surface area contributed by atoms with E-state index >= 15 is 0 Å². The average Bonchev–Trinajstić information content (AvgIpc) is 2.67. The van der Waals surface area contributed by atoms with Crippen molar-refractivity contribution in [2.24, 2.45) is 0 Å². The molecule has 6 heteroatoms. The molecule has 0 bridgehead atoms. The molecule has 0 unspecified atom stereocenters. The maximum absolute atomic E-state index is 13.8. The quantitative estimate of drug-likeness (QED) is 0.846.